The summed E-state index contributed by atoms with van der Waals surface area (Å²) in [6.45, 7) is 3.82. The molecule has 3 aromatic rings. The number of methoxy groups -OCH3 is 2. The van der Waals surface area contributed by atoms with Gasteiger partial charge in [-0.25, -0.2) is 8.42 Å². The van der Waals surface area contributed by atoms with Gasteiger partial charge in [0.15, 0.2) is 11.5 Å². The normalized spacial score (nSPS) is 12.7. The molecule has 0 aromatic heterocycles. The molecule has 8 nitrogen and oxygen atoms in total. The van der Waals surface area contributed by atoms with Crippen molar-refractivity contribution in [3.05, 3.63) is 77.9 Å². The first kappa shape index (κ1) is 26.3. The van der Waals surface area contributed by atoms with Crippen LogP contribution in [-0.4, -0.2) is 54.7 Å². The van der Waals surface area contributed by atoms with Crippen LogP contribution in [0.5, 0.6) is 11.5 Å². The molecule has 0 fully saturated rings. The number of benzene rings is 3. The van der Waals surface area contributed by atoms with Gasteiger partial charge in [-0.1, -0.05) is 35.9 Å². The molecule has 1 amide bonds. The van der Waals surface area contributed by atoms with Gasteiger partial charge in [-0.3, -0.25) is 9.10 Å². The summed E-state index contributed by atoms with van der Waals surface area (Å²) in [6.07, 6.45) is 1.79. The van der Waals surface area contributed by atoms with Gasteiger partial charge in [0.05, 0.1) is 24.8 Å². The number of aryl methyl sites for hydroxylation is 1. The Morgan fingerprint density at radius 2 is 1.73 bits per heavy atom. The van der Waals surface area contributed by atoms with Gasteiger partial charge in [-0.15, -0.1) is 0 Å². The van der Waals surface area contributed by atoms with E-state index in [9.17, 15) is 13.2 Å². The number of hydrogen-bond donors (Lipinski definition) is 1. The van der Waals surface area contributed by atoms with E-state index >= 15 is 0 Å². The summed E-state index contributed by atoms with van der Waals surface area (Å²) in [5, 5.41) is 2.89. The van der Waals surface area contributed by atoms with E-state index in [2.05, 4.69) is 28.4 Å². The van der Waals surface area contributed by atoms with Crippen molar-refractivity contribution in [3.63, 3.8) is 0 Å². The zero-order valence-corrected chi connectivity index (χ0v) is 22.3. The van der Waals surface area contributed by atoms with Crippen LogP contribution in [0, 0.1) is 6.92 Å². The molecule has 9 heteroatoms. The van der Waals surface area contributed by atoms with Crippen LogP contribution in [-0.2, 0) is 21.2 Å². The SMILES string of the molecule is COc1ccc(S(=O)(=O)N(CC(=O)NCCCN2CCc3ccccc32)c2ccc(C)cc2)cc1OC. The average molecular weight is 524 g/mol. The molecular weight excluding hydrogens is 490 g/mol. The molecule has 1 N–H and O–H groups in total. The number of rotatable bonds is 11. The Morgan fingerprint density at radius 1 is 1.00 bits per heavy atom. The maximum absolute atomic E-state index is 13.7. The number of fused-ring (bicyclic) bond motifs is 1. The van der Waals surface area contributed by atoms with Crippen LogP contribution in [0.4, 0.5) is 11.4 Å². The molecule has 1 heterocycles. The fourth-order valence-electron chi connectivity index (χ4n) is 4.45. The first-order valence-electron chi connectivity index (χ1n) is 12.2. The second-order valence-corrected chi connectivity index (χ2v) is 10.8. The van der Waals surface area contributed by atoms with Crippen molar-refractivity contribution in [1.29, 1.82) is 0 Å². The summed E-state index contributed by atoms with van der Waals surface area (Å²) in [4.78, 5) is 15.2. The summed E-state index contributed by atoms with van der Waals surface area (Å²) < 4.78 is 39.0. The predicted octanol–water partition coefficient (Wildman–Crippen LogP) is 3.78. The molecule has 0 aliphatic carbocycles. The lowest BCUT2D eigenvalue weighted by atomic mass is 10.2. The fourth-order valence-corrected chi connectivity index (χ4v) is 5.89. The number of sulfonamides is 1. The van der Waals surface area contributed by atoms with E-state index in [0.717, 1.165) is 35.8 Å². The molecule has 37 heavy (non-hydrogen) atoms. The molecule has 0 spiro atoms. The number of carbonyl (C=O) groups excluding carboxylic acids is 1. The highest BCUT2D eigenvalue weighted by molar-refractivity contribution is 7.92. The van der Waals surface area contributed by atoms with Crippen molar-refractivity contribution in [2.24, 2.45) is 0 Å². The van der Waals surface area contributed by atoms with Crippen molar-refractivity contribution in [2.75, 3.05) is 49.6 Å². The number of nitrogens with one attached hydrogen (secondary N) is 1. The Morgan fingerprint density at radius 3 is 2.46 bits per heavy atom. The van der Waals surface area contributed by atoms with Gasteiger partial charge in [-0.05, 0) is 55.7 Å². The Bertz CT molecular complexity index is 1340. The van der Waals surface area contributed by atoms with Crippen LogP contribution in [0.1, 0.15) is 17.5 Å². The van der Waals surface area contributed by atoms with Crippen molar-refractivity contribution >= 4 is 27.3 Å². The Balaban J connectivity index is 1.45. The summed E-state index contributed by atoms with van der Waals surface area (Å²) in [5.74, 6) is 0.341. The zero-order valence-electron chi connectivity index (χ0n) is 21.4. The number of anilines is 2. The number of hydrogen-bond acceptors (Lipinski definition) is 6. The standard InChI is InChI=1S/C28H33N3O5S/c1-21-9-11-23(12-10-21)31(37(33,34)24-13-14-26(35-2)27(19-24)36-3)20-28(32)29-16-6-17-30-18-15-22-7-4-5-8-25(22)30/h4-5,7-14,19H,6,15-18,20H2,1-3H3,(H,29,32). The molecule has 4 rings (SSSR count). The van der Waals surface area contributed by atoms with Crippen LogP contribution in [0.2, 0.25) is 0 Å². The fraction of sp³-hybridized carbons (Fsp3) is 0.321. The lowest BCUT2D eigenvalue weighted by Gasteiger charge is -2.25. The lowest BCUT2D eigenvalue weighted by Crippen LogP contribution is -2.41. The Kier molecular flexibility index (Phi) is 8.23. The number of carbonyl (C=O) groups is 1. The number of amides is 1. The topological polar surface area (TPSA) is 88.2 Å². The van der Waals surface area contributed by atoms with Gasteiger partial charge in [0.2, 0.25) is 5.91 Å². The Hall–Kier alpha value is -3.72. The van der Waals surface area contributed by atoms with E-state index in [4.69, 9.17) is 9.47 Å². The van der Waals surface area contributed by atoms with Crippen molar-refractivity contribution < 1.29 is 22.7 Å². The van der Waals surface area contributed by atoms with Crippen molar-refractivity contribution in [1.82, 2.24) is 5.32 Å². The molecule has 1 aliphatic rings. The van der Waals surface area contributed by atoms with Gasteiger partial charge in [-0.2, -0.15) is 0 Å². The van der Waals surface area contributed by atoms with Crippen LogP contribution in [0.3, 0.4) is 0 Å². The molecule has 0 saturated carbocycles. The van der Waals surface area contributed by atoms with Gasteiger partial charge >= 0.3 is 0 Å². The second-order valence-electron chi connectivity index (χ2n) is 8.93. The third-order valence-corrected chi connectivity index (χ3v) is 8.23. The second kappa shape index (κ2) is 11.6. The quantitative estimate of drug-likeness (QED) is 0.385. The highest BCUT2D eigenvalue weighted by atomic mass is 32.2. The van der Waals surface area contributed by atoms with E-state index in [1.165, 1.54) is 43.7 Å². The molecule has 1 aliphatic heterocycles. The molecule has 196 valence electrons. The van der Waals surface area contributed by atoms with E-state index < -0.39 is 10.0 Å². The number of para-hydroxylation sites is 1. The van der Waals surface area contributed by atoms with Crippen LogP contribution in [0.25, 0.3) is 0 Å². The molecule has 3 aromatic carbocycles. The number of ether oxygens (including phenoxy) is 2. The summed E-state index contributed by atoms with van der Waals surface area (Å²) in [6, 6.07) is 19.8. The molecule has 0 radical (unpaired) electrons. The van der Waals surface area contributed by atoms with Crippen LogP contribution >= 0.6 is 0 Å². The van der Waals surface area contributed by atoms with Gasteiger partial charge in [0, 0.05) is 31.4 Å². The van der Waals surface area contributed by atoms with Crippen molar-refractivity contribution in [3.8, 4) is 11.5 Å². The highest BCUT2D eigenvalue weighted by Crippen LogP contribution is 2.32. The smallest absolute Gasteiger partial charge is 0.264 e. The minimum absolute atomic E-state index is 0.00576. The zero-order chi connectivity index (χ0) is 26.4. The van der Waals surface area contributed by atoms with Crippen LogP contribution < -0.4 is 24.0 Å². The minimum atomic E-state index is -4.07. The molecule has 0 atom stereocenters. The highest BCUT2D eigenvalue weighted by Gasteiger charge is 2.28. The first-order valence-corrected chi connectivity index (χ1v) is 13.7. The third kappa shape index (κ3) is 5.99. The van der Waals surface area contributed by atoms with Gasteiger partial charge < -0.3 is 19.7 Å². The van der Waals surface area contributed by atoms with Gasteiger partial charge in [0.25, 0.3) is 10.0 Å². The summed E-state index contributed by atoms with van der Waals surface area (Å²) >= 11 is 0. The van der Waals surface area contributed by atoms with E-state index in [1.54, 1.807) is 12.1 Å². The molecule has 0 bridgehead atoms. The largest absolute Gasteiger partial charge is 0.493 e. The number of nitrogens with zero attached hydrogens (tertiary/aromatic N) is 2. The summed E-state index contributed by atoms with van der Waals surface area (Å²) in [5.41, 5.74) is 3.99. The van der Waals surface area contributed by atoms with E-state index in [-0.39, 0.29) is 17.3 Å². The predicted molar refractivity (Wildman–Crippen MR) is 145 cm³/mol. The van der Waals surface area contributed by atoms with Crippen molar-refractivity contribution in [2.45, 2.75) is 24.7 Å². The monoisotopic (exact) mass is 523 g/mol. The van der Waals surface area contributed by atoms with Crippen LogP contribution in [0.15, 0.2) is 71.6 Å². The Labute approximate surface area is 218 Å². The molecular formula is C28H33N3O5S. The average Bonchev–Trinajstić information content (AvgIpc) is 3.33. The maximum atomic E-state index is 13.7. The van der Waals surface area contributed by atoms with E-state index in [0.29, 0.717) is 23.7 Å². The minimum Gasteiger partial charge on any atom is -0.493 e. The van der Waals surface area contributed by atoms with Gasteiger partial charge in [0.1, 0.15) is 6.54 Å². The van der Waals surface area contributed by atoms with E-state index in [1.807, 2.05) is 25.1 Å². The molecule has 0 unspecified atom stereocenters. The summed E-state index contributed by atoms with van der Waals surface area (Å²) in [7, 11) is -1.14. The lowest BCUT2D eigenvalue weighted by molar-refractivity contribution is -0.119. The first-order chi connectivity index (χ1) is 17.8. The third-order valence-electron chi connectivity index (χ3n) is 6.46. The maximum Gasteiger partial charge on any atom is 0.264 e. The molecule has 0 saturated heterocycles.